The van der Waals surface area contributed by atoms with Crippen molar-refractivity contribution in [1.29, 1.82) is 0 Å². The second-order valence-electron chi connectivity index (χ2n) is 8.86. The van der Waals surface area contributed by atoms with E-state index in [4.69, 9.17) is 4.98 Å². The molecule has 3 aromatic rings. The Labute approximate surface area is 157 Å². The zero-order chi connectivity index (χ0) is 19.2. The number of nitrogens with zero attached hydrogens (tertiary/aromatic N) is 2. The number of benzene rings is 2. The molecule has 0 amide bonds. The quantitative estimate of drug-likeness (QED) is 0.538. The number of rotatable bonds is 2. The number of hydrogen-bond acceptors (Lipinski definition) is 1. The van der Waals surface area contributed by atoms with E-state index in [1.54, 1.807) is 0 Å². The largest absolute Gasteiger partial charge is 0.331 e. The molecular formula is C24H31N2+. The molecule has 0 spiro atoms. The summed E-state index contributed by atoms with van der Waals surface area (Å²) in [5.74, 6) is 1.55. The molecule has 0 unspecified atom stereocenters. The third-order valence-corrected chi connectivity index (χ3v) is 5.39. The van der Waals surface area contributed by atoms with Crippen molar-refractivity contribution in [2.45, 2.75) is 59.8 Å². The summed E-state index contributed by atoms with van der Waals surface area (Å²) in [6, 6.07) is 11.3. The molecule has 0 saturated carbocycles. The van der Waals surface area contributed by atoms with Gasteiger partial charge in [-0.1, -0.05) is 46.8 Å². The van der Waals surface area contributed by atoms with Gasteiger partial charge in [-0.25, -0.2) is 4.57 Å². The molecule has 136 valence electrons. The molecule has 0 N–H and O–H groups in total. The lowest BCUT2D eigenvalue weighted by molar-refractivity contribution is -0.661. The summed E-state index contributed by atoms with van der Waals surface area (Å²) in [4.78, 5) is 5.03. The molecule has 1 heterocycles. The second kappa shape index (κ2) is 6.50. The van der Waals surface area contributed by atoms with Crippen LogP contribution in [-0.4, -0.2) is 4.98 Å². The van der Waals surface area contributed by atoms with Gasteiger partial charge in [0.15, 0.2) is 5.52 Å². The van der Waals surface area contributed by atoms with Crippen LogP contribution in [0, 0.1) is 13.8 Å². The molecule has 3 rings (SSSR count). The standard InChI is InChI=1S/C24H31N2/c1-15(2)18-9-10-22-19(12-18)14-26(8)23(25-22)21-13-20(24(5,6)7)11-16(3)17(21)4/h9-15H,1-8H3/q+1. The maximum absolute atomic E-state index is 5.03. The molecule has 0 radical (unpaired) electrons. The van der Waals surface area contributed by atoms with Crippen LogP contribution in [0.4, 0.5) is 0 Å². The molecule has 0 fully saturated rings. The first-order valence-electron chi connectivity index (χ1n) is 9.50. The Balaban J connectivity index is 2.24. The van der Waals surface area contributed by atoms with Gasteiger partial charge < -0.3 is 0 Å². The van der Waals surface area contributed by atoms with Crippen LogP contribution in [0.1, 0.15) is 62.8 Å². The van der Waals surface area contributed by atoms with Crippen molar-refractivity contribution in [3.8, 4) is 11.4 Å². The first-order valence-corrected chi connectivity index (χ1v) is 9.50. The molecule has 0 saturated heterocycles. The zero-order valence-corrected chi connectivity index (χ0v) is 17.4. The van der Waals surface area contributed by atoms with E-state index >= 15 is 0 Å². The highest BCUT2D eigenvalue weighted by molar-refractivity contribution is 5.79. The Morgan fingerprint density at radius 1 is 1.00 bits per heavy atom. The van der Waals surface area contributed by atoms with Crippen LogP contribution in [0.5, 0.6) is 0 Å². The Hall–Kier alpha value is -2.22. The van der Waals surface area contributed by atoms with Crippen LogP contribution >= 0.6 is 0 Å². The van der Waals surface area contributed by atoms with Crippen molar-refractivity contribution in [1.82, 2.24) is 4.98 Å². The van der Waals surface area contributed by atoms with Gasteiger partial charge in [0.05, 0.1) is 18.0 Å². The summed E-state index contributed by atoms with van der Waals surface area (Å²) in [5, 5.41) is 1.20. The van der Waals surface area contributed by atoms with Gasteiger partial charge in [-0.2, -0.15) is 0 Å². The first-order chi connectivity index (χ1) is 12.1. The predicted molar refractivity (Wildman–Crippen MR) is 111 cm³/mol. The minimum atomic E-state index is 0.120. The maximum atomic E-state index is 5.03. The normalized spacial score (nSPS) is 12.2. The Bertz CT molecular complexity index is 976. The van der Waals surface area contributed by atoms with Crippen LogP contribution in [0.3, 0.4) is 0 Å². The Morgan fingerprint density at radius 3 is 2.31 bits per heavy atom. The number of aromatic nitrogens is 2. The summed E-state index contributed by atoms with van der Waals surface area (Å²) in [6.45, 7) is 15.7. The maximum Gasteiger partial charge on any atom is 0.331 e. The van der Waals surface area contributed by atoms with Gasteiger partial charge in [-0.3, -0.25) is 0 Å². The highest BCUT2D eigenvalue weighted by Crippen LogP contribution is 2.31. The van der Waals surface area contributed by atoms with E-state index < -0.39 is 0 Å². The average Bonchev–Trinajstić information content (AvgIpc) is 2.55. The van der Waals surface area contributed by atoms with Gasteiger partial charge in [0.2, 0.25) is 0 Å². The fourth-order valence-electron chi connectivity index (χ4n) is 3.37. The summed E-state index contributed by atoms with van der Waals surface area (Å²) in [7, 11) is 2.10. The molecule has 1 aromatic heterocycles. The van der Waals surface area contributed by atoms with E-state index in [1.807, 2.05) is 0 Å². The molecule has 2 heteroatoms. The van der Waals surface area contributed by atoms with E-state index in [0.29, 0.717) is 5.92 Å². The van der Waals surface area contributed by atoms with Crippen molar-refractivity contribution >= 4 is 10.9 Å². The molecule has 2 aromatic carbocycles. The van der Waals surface area contributed by atoms with Gasteiger partial charge in [-0.05, 0) is 70.6 Å². The lowest BCUT2D eigenvalue weighted by Gasteiger charge is -2.21. The third kappa shape index (κ3) is 3.38. The third-order valence-electron chi connectivity index (χ3n) is 5.39. The molecule has 0 aliphatic heterocycles. The molecule has 0 aliphatic rings. The lowest BCUT2D eigenvalue weighted by atomic mass is 9.83. The summed E-state index contributed by atoms with van der Waals surface area (Å²) in [5.41, 5.74) is 7.74. The lowest BCUT2D eigenvalue weighted by Crippen LogP contribution is -2.32. The highest BCUT2D eigenvalue weighted by Gasteiger charge is 2.23. The van der Waals surface area contributed by atoms with Crippen LogP contribution in [0.2, 0.25) is 0 Å². The molecule has 26 heavy (non-hydrogen) atoms. The highest BCUT2D eigenvalue weighted by atomic mass is 15.0. The van der Waals surface area contributed by atoms with Crippen molar-refractivity contribution in [2.24, 2.45) is 7.05 Å². The summed E-state index contributed by atoms with van der Waals surface area (Å²) >= 11 is 0. The number of hydrogen-bond donors (Lipinski definition) is 0. The van der Waals surface area contributed by atoms with Gasteiger partial charge in [0.1, 0.15) is 6.20 Å². The van der Waals surface area contributed by atoms with Crippen molar-refractivity contribution in [3.63, 3.8) is 0 Å². The monoisotopic (exact) mass is 347 g/mol. The van der Waals surface area contributed by atoms with Crippen LogP contribution in [-0.2, 0) is 12.5 Å². The zero-order valence-electron chi connectivity index (χ0n) is 17.4. The average molecular weight is 348 g/mol. The van der Waals surface area contributed by atoms with Crippen molar-refractivity contribution in [2.75, 3.05) is 0 Å². The molecule has 0 atom stereocenters. The number of fused-ring (bicyclic) bond motifs is 1. The van der Waals surface area contributed by atoms with E-state index in [9.17, 15) is 0 Å². The van der Waals surface area contributed by atoms with Gasteiger partial charge in [-0.15, -0.1) is 0 Å². The van der Waals surface area contributed by atoms with Gasteiger partial charge >= 0.3 is 5.82 Å². The second-order valence-corrected chi connectivity index (χ2v) is 8.86. The molecular weight excluding hydrogens is 316 g/mol. The molecule has 0 bridgehead atoms. The summed E-state index contributed by atoms with van der Waals surface area (Å²) in [6.07, 6.45) is 2.21. The van der Waals surface area contributed by atoms with E-state index in [2.05, 4.69) is 96.6 Å². The summed E-state index contributed by atoms with van der Waals surface area (Å²) < 4.78 is 2.17. The van der Waals surface area contributed by atoms with Crippen molar-refractivity contribution in [3.05, 3.63) is 58.8 Å². The van der Waals surface area contributed by atoms with E-state index in [1.165, 1.54) is 33.2 Å². The SMILES string of the molecule is Cc1cc(C(C)(C)C)cc(-c2nc3ccc(C(C)C)cc3c[n+]2C)c1C. The minimum Gasteiger partial charge on any atom is -0.232 e. The Kier molecular flexibility index (Phi) is 4.64. The minimum absolute atomic E-state index is 0.120. The van der Waals surface area contributed by atoms with Crippen molar-refractivity contribution < 1.29 is 4.57 Å². The van der Waals surface area contributed by atoms with E-state index in [-0.39, 0.29) is 5.41 Å². The first kappa shape index (κ1) is 18.6. The predicted octanol–water partition coefficient (Wildman–Crippen LogP) is 5.76. The van der Waals surface area contributed by atoms with Gasteiger partial charge in [0, 0.05) is 0 Å². The van der Waals surface area contributed by atoms with E-state index in [0.717, 1.165) is 11.3 Å². The number of aryl methyl sites for hydroxylation is 2. The fourth-order valence-corrected chi connectivity index (χ4v) is 3.37. The molecule has 2 nitrogen and oxygen atoms in total. The smallest absolute Gasteiger partial charge is 0.232 e. The Morgan fingerprint density at radius 2 is 1.69 bits per heavy atom. The van der Waals surface area contributed by atoms with Crippen LogP contribution in [0.25, 0.3) is 22.3 Å². The fraction of sp³-hybridized carbons (Fsp3) is 0.417. The van der Waals surface area contributed by atoms with Crippen LogP contribution < -0.4 is 4.57 Å². The van der Waals surface area contributed by atoms with Gasteiger partial charge in [0.25, 0.3) is 0 Å². The molecule has 0 aliphatic carbocycles. The van der Waals surface area contributed by atoms with Crippen LogP contribution in [0.15, 0.2) is 36.5 Å². The topological polar surface area (TPSA) is 16.8 Å².